The van der Waals surface area contributed by atoms with E-state index in [9.17, 15) is 5.11 Å². The predicted octanol–water partition coefficient (Wildman–Crippen LogP) is 5.05. The SMILES string of the molecule is CCC(C)c1ccc(Oc2ccccc2[C@H](C)O)cc1. The van der Waals surface area contributed by atoms with E-state index in [1.54, 1.807) is 6.92 Å². The highest BCUT2D eigenvalue weighted by Gasteiger charge is 2.09. The number of hydrogen-bond acceptors (Lipinski definition) is 2. The molecule has 2 aromatic carbocycles. The van der Waals surface area contributed by atoms with Crippen LogP contribution >= 0.6 is 0 Å². The zero-order chi connectivity index (χ0) is 14.5. The lowest BCUT2D eigenvalue weighted by molar-refractivity contribution is 0.195. The number of rotatable bonds is 5. The maximum atomic E-state index is 9.75. The van der Waals surface area contributed by atoms with Gasteiger partial charge in [-0.25, -0.2) is 0 Å². The van der Waals surface area contributed by atoms with Crippen LogP contribution < -0.4 is 4.74 Å². The zero-order valence-electron chi connectivity index (χ0n) is 12.3. The molecule has 106 valence electrons. The Morgan fingerprint density at radius 2 is 1.65 bits per heavy atom. The highest BCUT2D eigenvalue weighted by Crippen LogP contribution is 2.30. The summed E-state index contributed by atoms with van der Waals surface area (Å²) in [4.78, 5) is 0. The Balaban J connectivity index is 2.18. The Morgan fingerprint density at radius 1 is 1.00 bits per heavy atom. The molecule has 0 fully saturated rings. The summed E-state index contributed by atoms with van der Waals surface area (Å²) >= 11 is 0. The summed E-state index contributed by atoms with van der Waals surface area (Å²) in [7, 11) is 0. The molecule has 0 bridgehead atoms. The standard InChI is InChI=1S/C18H22O2/c1-4-13(2)15-9-11-16(12-10-15)20-18-8-6-5-7-17(18)14(3)19/h5-14,19H,4H2,1-3H3/t13?,14-/m0/s1. The van der Waals surface area contributed by atoms with E-state index in [0.29, 0.717) is 11.7 Å². The first-order valence-electron chi connectivity index (χ1n) is 7.16. The van der Waals surface area contributed by atoms with Crippen LogP contribution in [0, 0.1) is 0 Å². The van der Waals surface area contributed by atoms with Gasteiger partial charge in [-0.2, -0.15) is 0 Å². The average Bonchev–Trinajstić information content (AvgIpc) is 2.47. The molecule has 0 aromatic heterocycles. The van der Waals surface area contributed by atoms with Gasteiger partial charge in [0.25, 0.3) is 0 Å². The number of aliphatic hydroxyl groups is 1. The molecular formula is C18H22O2. The van der Waals surface area contributed by atoms with Gasteiger partial charge in [-0.05, 0) is 43.0 Å². The first-order valence-corrected chi connectivity index (χ1v) is 7.16. The first-order chi connectivity index (χ1) is 9.61. The Morgan fingerprint density at radius 3 is 2.25 bits per heavy atom. The second-order valence-electron chi connectivity index (χ2n) is 5.19. The van der Waals surface area contributed by atoms with Crippen molar-refractivity contribution < 1.29 is 9.84 Å². The van der Waals surface area contributed by atoms with Gasteiger partial charge in [0.2, 0.25) is 0 Å². The molecular weight excluding hydrogens is 248 g/mol. The van der Waals surface area contributed by atoms with Crippen LogP contribution in [0.4, 0.5) is 0 Å². The van der Waals surface area contributed by atoms with E-state index in [1.807, 2.05) is 36.4 Å². The summed E-state index contributed by atoms with van der Waals surface area (Å²) in [6.45, 7) is 6.15. The molecule has 2 rings (SSSR count). The molecule has 1 unspecified atom stereocenters. The van der Waals surface area contributed by atoms with Crippen molar-refractivity contribution in [3.05, 3.63) is 59.7 Å². The molecule has 0 spiro atoms. The molecule has 0 saturated heterocycles. The minimum Gasteiger partial charge on any atom is -0.457 e. The van der Waals surface area contributed by atoms with Crippen LogP contribution in [-0.2, 0) is 0 Å². The van der Waals surface area contributed by atoms with Crippen molar-refractivity contribution in [1.82, 2.24) is 0 Å². The Bertz CT molecular complexity index is 544. The van der Waals surface area contributed by atoms with Crippen LogP contribution in [0.2, 0.25) is 0 Å². The van der Waals surface area contributed by atoms with Crippen molar-refractivity contribution in [3.8, 4) is 11.5 Å². The summed E-state index contributed by atoms with van der Waals surface area (Å²) in [5, 5.41) is 9.75. The van der Waals surface area contributed by atoms with Crippen molar-refractivity contribution in [2.75, 3.05) is 0 Å². The van der Waals surface area contributed by atoms with E-state index >= 15 is 0 Å². The highest BCUT2D eigenvalue weighted by atomic mass is 16.5. The Hall–Kier alpha value is -1.80. The third-order valence-corrected chi connectivity index (χ3v) is 3.66. The van der Waals surface area contributed by atoms with Crippen molar-refractivity contribution in [1.29, 1.82) is 0 Å². The lowest BCUT2D eigenvalue weighted by Gasteiger charge is -2.14. The van der Waals surface area contributed by atoms with Crippen molar-refractivity contribution in [3.63, 3.8) is 0 Å². The number of hydrogen-bond donors (Lipinski definition) is 1. The van der Waals surface area contributed by atoms with Gasteiger partial charge in [0.05, 0.1) is 6.10 Å². The van der Waals surface area contributed by atoms with Crippen LogP contribution in [-0.4, -0.2) is 5.11 Å². The molecule has 0 radical (unpaired) electrons. The lowest BCUT2D eigenvalue weighted by atomic mass is 9.99. The fraction of sp³-hybridized carbons (Fsp3) is 0.333. The van der Waals surface area contributed by atoms with Crippen LogP contribution in [0.15, 0.2) is 48.5 Å². The Labute approximate surface area is 121 Å². The third kappa shape index (κ3) is 3.40. The highest BCUT2D eigenvalue weighted by molar-refractivity contribution is 5.39. The van der Waals surface area contributed by atoms with Gasteiger partial charge < -0.3 is 9.84 Å². The molecule has 2 aromatic rings. The smallest absolute Gasteiger partial charge is 0.133 e. The normalized spacial score (nSPS) is 13.8. The van der Waals surface area contributed by atoms with Crippen molar-refractivity contribution in [2.24, 2.45) is 0 Å². The third-order valence-electron chi connectivity index (χ3n) is 3.66. The van der Waals surface area contributed by atoms with E-state index < -0.39 is 6.10 Å². The number of benzene rings is 2. The molecule has 0 aliphatic carbocycles. The summed E-state index contributed by atoms with van der Waals surface area (Å²) < 4.78 is 5.88. The predicted molar refractivity (Wildman–Crippen MR) is 82.3 cm³/mol. The van der Waals surface area contributed by atoms with Crippen LogP contribution in [0.3, 0.4) is 0 Å². The van der Waals surface area contributed by atoms with Gasteiger partial charge >= 0.3 is 0 Å². The van der Waals surface area contributed by atoms with Gasteiger partial charge in [-0.15, -0.1) is 0 Å². The van der Waals surface area contributed by atoms with E-state index in [1.165, 1.54) is 5.56 Å². The number of para-hydroxylation sites is 1. The van der Waals surface area contributed by atoms with Crippen molar-refractivity contribution in [2.45, 2.75) is 39.2 Å². The lowest BCUT2D eigenvalue weighted by Crippen LogP contribution is -1.96. The van der Waals surface area contributed by atoms with Gasteiger partial charge in [-0.3, -0.25) is 0 Å². The molecule has 2 atom stereocenters. The number of aliphatic hydroxyl groups excluding tert-OH is 1. The summed E-state index contributed by atoms with van der Waals surface area (Å²) in [6, 6.07) is 15.8. The van der Waals surface area contributed by atoms with Crippen molar-refractivity contribution >= 4 is 0 Å². The van der Waals surface area contributed by atoms with Gasteiger partial charge in [0.1, 0.15) is 11.5 Å². The van der Waals surface area contributed by atoms with Crippen LogP contribution in [0.5, 0.6) is 11.5 Å². The molecule has 1 N–H and O–H groups in total. The average molecular weight is 270 g/mol. The molecule has 0 aliphatic rings. The minimum atomic E-state index is -0.536. The van der Waals surface area contributed by atoms with Crippen LogP contribution in [0.25, 0.3) is 0 Å². The van der Waals surface area contributed by atoms with E-state index in [4.69, 9.17) is 4.74 Å². The zero-order valence-corrected chi connectivity index (χ0v) is 12.3. The second kappa shape index (κ2) is 6.58. The fourth-order valence-electron chi connectivity index (χ4n) is 2.15. The second-order valence-corrected chi connectivity index (χ2v) is 5.19. The van der Waals surface area contributed by atoms with Gasteiger partial charge in [0.15, 0.2) is 0 Å². The number of ether oxygens (including phenoxy) is 1. The molecule has 0 heterocycles. The maximum absolute atomic E-state index is 9.75. The summed E-state index contributed by atoms with van der Waals surface area (Å²) in [6.07, 6.45) is 0.594. The molecule has 20 heavy (non-hydrogen) atoms. The van der Waals surface area contributed by atoms with E-state index in [-0.39, 0.29) is 0 Å². The maximum Gasteiger partial charge on any atom is 0.133 e. The monoisotopic (exact) mass is 270 g/mol. The van der Waals surface area contributed by atoms with Gasteiger partial charge in [-0.1, -0.05) is 44.2 Å². The topological polar surface area (TPSA) is 29.5 Å². The Kier molecular flexibility index (Phi) is 4.80. The van der Waals surface area contributed by atoms with E-state index in [0.717, 1.165) is 17.7 Å². The molecule has 0 saturated carbocycles. The molecule has 0 aliphatic heterocycles. The summed E-state index contributed by atoms with van der Waals surface area (Å²) in [5.74, 6) is 2.07. The first kappa shape index (κ1) is 14.6. The molecule has 2 heteroatoms. The van der Waals surface area contributed by atoms with Crippen LogP contribution in [0.1, 0.15) is 50.3 Å². The summed E-state index contributed by atoms with van der Waals surface area (Å²) in [5.41, 5.74) is 2.13. The quantitative estimate of drug-likeness (QED) is 0.824. The fourth-order valence-corrected chi connectivity index (χ4v) is 2.15. The van der Waals surface area contributed by atoms with E-state index in [2.05, 4.69) is 26.0 Å². The molecule has 2 nitrogen and oxygen atoms in total. The molecule has 0 amide bonds. The minimum absolute atomic E-state index is 0.536. The van der Waals surface area contributed by atoms with Gasteiger partial charge in [0, 0.05) is 5.56 Å². The largest absolute Gasteiger partial charge is 0.457 e.